The van der Waals surface area contributed by atoms with E-state index in [0.717, 1.165) is 20.3 Å². The van der Waals surface area contributed by atoms with Gasteiger partial charge in [0.25, 0.3) is 5.52 Å². The molecule has 4 nitrogen and oxygen atoms in total. The van der Waals surface area contributed by atoms with Crippen LogP contribution >= 0.6 is 7.60 Å². The zero-order valence-electron chi connectivity index (χ0n) is 8.27. The predicted octanol–water partition coefficient (Wildman–Crippen LogP) is 2.45. The molecule has 0 aliphatic carbocycles. The Hall–Kier alpha value is -1.03. The molecule has 0 bridgehead atoms. The molecule has 0 saturated carbocycles. The molecule has 0 radical (unpaired) electrons. The van der Waals surface area contributed by atoms with Crippen molar-refractivity contribution in [1.82, 2.24) is 0 Å². The van der Waals surface area contributed by atoms with Crippen LogP contribution in [-0.4, -0.2) is 19.7 Å². The van der Waals surface area contributed by atoms with Crippen molar-refractivity contribution >= 4 is 13.1 Å². The number of hydrogen-bond acceptors (Lipinski definition) is 4. The molecule has 0 atom stereocenters. The van der Waals surface area contributed by atoms with Crippen LogP contribution in [0, 0.1) is 5.82 Å². The summed E-state index contributed by atoms with van der Waals surface area (Å²) >= 11 is 0. The van der Waals surface area contributed by atoms with Crippen LogP contribution in [0.5, 0.6) is 0 Å². The third kappa shape index (κ3) is 2.31. The van der Waals surface area contributed by atoms with Crippen LogP contribution in [0.2, 0.25) is 0 Å². The molecule has 0 aromatic heterocycles. The van der Waals surface area contributed by atoms with E-state index in [-0.39, 0.29) is 5.56 Å². The van der Waals surface area contributed by atoms with Gasteiger partial charge in [0.1, 0.15) is 5.82 Å². The van der Waals surface area contributed by atoms with Gasteiger partial charge < -0.3 is 9.05 Å². The Morgan fingerprint density at radius 3 is 2.27 bits per heavy atom. The van der Waals surface area contributed by atoms with Gasteiger partial charge in [-0.25, -0.2) is 4.39 Å². The van der Waals surface area contributed by atoms with Crippen LogP contribution < -0.4 is 0 Å². The summed E-state index contributed by atoms with van der Waals surface area (Å²) in [4.78, 5) is 11.6. The summed E-state index contributed by atoms with van der Waals surface area (Å²) in [6, 6.07) is 5.22. The highest BCUT2D eigenvalue weighted by Gasteiger charge is 2.34. The maximum absolute atomic E-state index is 13.2. The molecule has 6 heteroatoms. The van der Waals surface area contributed by atoms with Crippen LogP contribution in [0.3, 0.4) is 0 Å². The standard InChI is InChI=1S/C9H10FO4P/c1-13-15(12,14-2)9(11)7-5-3-4-6-8(7)10/h3-6H,1-2H3. The van der Waals surface area contributed by atoms with Gasteiger partial charge in [0.2, 0.25) is 0 Å². The third-order valence-electron chi connectivity index (χ3n) is 1.83. The minimum Gasteiger partial charge on any atom is -0.306 e. The fourth-order valence-electron chi connectivity index (χ4n) is 1.02. The zero-order chi connectivity index (χ0) is 11.5. The van der Waals surface area contributed by atoms with Crippen molar-refractivity contribution in [3.8, 4) is 0 Å². The molecule has 0 heterocycles. The number of carbonyl (C=O) groups excluding carboxylic acids is 1. The van der Waals surface area contributed by atoms with Crippen LogP contribution in [0.25, 0.3) is 0 Å². The van der Waals surface area contributed by atoms with Crippen molar-refractivity contribution in [2.45, 2.75) is 0 Å². The third-order valence-corrected chi connectivity index (χ3v) is 3.53. The van der Waals surface area contributed by atoms with Gasteiger partial charge in [-0.1, -0.05) is 12.1 Å². The normalized spacial score (nSPS) is 11.4. The highest BCUT2D eigenvalue weighted by molar-refractivity contribution is 7.72. The molecule has 1 aromatic carbocycles. The highest BCUT2D eigenvalue weighted by atomic mass is 31.2. The molecule has 82 valence electrons. The van der Waals surface area contributed by atoms with E-state index < -0.39 is 18.9 Å². The lowest BCUT2D eigenvalue weighted by Crippen LogP contribution is -2.06. The summed E-state index contributed by atoms with van der Waals surface area (Å²) < 4.78 is 33.8. The minimum absolute atomic E-state index is 0.301. The topological polar surface area (TPSA) is 52.6 Å². The largest absolute Gasteiger partial charge is 0.401 e. The summed E-state index contributed by atoms with van der Waals surface area (Å²) in [6.45, 7) is 0. The van der Waals surface area contributed by atoms with Crippen molar-refractivity contribution in [2.75, 3.05) is 14.2 Å². The molecule has 0 unspecified atom stereocenters. The summed E-state index contributed by atoms with van der Waals surface area (Å²) in [6.07, 6.45) is 0. The zero-order valence-corrected chi connectivity index (χ0v) is 9.16. The van der Waals surface area contributed by atoms with E-state index in [4.69, 9.17) is 0 Å². The molecule has 15 heavy (non-hydrogen) atoms. The number of halogens is 1. The van der Waals surface area contributed by atoms with Crippen LogP contribution in [0.1, 0.15) is 10.4 Å². The van der Waals surface area contributed by atoms with Gasteiger partial charge in [-0.05, 0) is 12.1 Å². The van der Waals surface area contributed by atoms with E-state index in [1.165, 1.54) is 18.2 Å². The number of carbonyl (C=O) groups is 1. The number of rotatable bonds is 4. The maximum Gasteiger partial charge on any atom is 0.401 e. The molecule has 0 amide bonds. The predicted molar refractivity (Wildman–Crippen MR) is 52.4 cm³/mol. The molecule has 0 N–H and O–H groups in total. The first kappa shape index (κ1) is 12.0. The molecule has 0 saturated heterocycles. The second-order valence-electron chi connectivity index (χ2n) is 2.65. The average molecular weight is 232 g/mol. The van der Waals surface area contributed by atoms with E-state index in [9.17, 15) is 13.8 Å². The maximum atomic E-state index is 13.2. The van der Waals surface area contributed by atoms with Gasteiger partial charge in [0.15, 0.2) is 0 Å². The number of benzene rings is 1. The summed E-state index contributed by atoms with van der Waals surface area (Å²) in [7, 11) is -1.76. The van der Waals surface area contributed by atoms with Gasteiger partial charge in [-0.15, -0.1) is 0 Å². The molecular weight excluding hydrogens is 222 g/mol. The Morgan fingerprint density at radius 1 is 1.27 bits per heavy atom. The summed E-state index contributed by atoms with van der Waals surface area (Å²) in [5, 5.41) is 0. The van der Waals surface area contributed by atoms with E-state index in [1.54, 1.807) is 0 Å². The summed E-state index contributed by atoms with van der Waals surface area (Å²) in [5.41, 5.74) is -1.28. The van der Waals surface area contributed by atoms with Crippen LogP contribution in [0.4, 0.5) is 4.39 Å². The number of hydrogen-bond donors (Lipinski definition) is 0. The van der Waals surface area contributed by atoms with Gasteiger partial charge >= 0.3 is 7.60 Å². The second-order valence-corrected chi connectivity index (χ2v) is 4.78. The van der Waals surface area contributed by atoms with Crippen molar-refractivity contribution in [2.24, 2.45) is 0 Å². The lowest BCUT2D eigenvalue weighted by atomic mass is 10.2. The highest BCUT2D eigenvalue weighted by Crippen LogP contribution is 2.49. The Balaban J connectivity index is 3.15. The van der Waals surface area contributed by atoms with Gasteiger partial charge in [-0.3, -0.25) is 9.36 Å². The van der Waals surface area contributed by atoms with Crippen molar-refractivity contribution in [3.63, 3.8) is 0 Å². The smallest absolute Gasteiger partial charge is 0.306 e. The first-order valence-corrected chi connectivity index (χ1v) is 5.60. The molecule has 0 aliphatic rings. The first-order chi connectivity index (χ1) is 7.05. The quantitative estimate of drug-likeness (QED) is 0.748. The Labute approximate surface area is 86.5 Å². The van der Waals surface area contributed by atoms with E-state index in [2.05, 4.69) is 9.05 Å². The SMILES string of the molecule is COP(=O)(OC)C(=O)c1ccccc1F. The monoisotopic (exact) mass is 232 g/mol. The molecule has 1 rings (SSSR count). The van der Waals surface area contributed by atoms with Crippen molar-refractivity contribution in [3.05, 3.63) is 35.6 Å². The Bertz CT molecular complexity index is 410. The lowest BCUT2D eigenvalue weighted by Gasteiger charge is -2.11. The van der Waals surface area contributed by atoms with E-state index in [0.29, 0.717) is 0 Å². The van der Waals surface area contributed by atoms with Crippen molar-refractivity contribution < 1.29 is 22.8 Å². The average Bonchev–Trinajstić information content (AvgIpc) is 2.28. The minimum atomic E-state index is -3.90. The fraction of sp³-hybridized carbons (Fsp3) is 0.222. The summed E-state index contributed by atoms with van der Waals surface area (Å²) in [5.74, 6) is -0.753. The Kier molecular flexibility index (Phi) is 3.74. The van der Waals surface area contributed by atoms with Crippen LogP contribution in [0.15, 0.2) is 24.3 Å². The van der Waals surface area contributed by atoms with Gasteiger partial charge in [0.05, 0.1) is 5.56 Å². The first-order valence-electron chi connectivity index (χ1n) is 4.06. The molecular formula is C9H10FO4P. The molecule has 0 aliphatic heterocycles. The van der Waals surface area contributed by atoms with Gasteiger partial charge in [0, 0.05) is 14.2 Å². The van der Waals surface area contributed by atoms with E-state index in [1.807, 2.05) is 0 Å². The molecule has 0 spiro atoms. The van der Waals surface area contributed by atoms with Gasteiger partial charge in [-0.2, -0.15) is 0 Å². The fourth-order valence-corrected chi connectivity index (χ4v) is 1.98. The van der Waals surface area contributed by atoms with Crippen molar-refractivity contribution in [1.29, 1.82) is 0 Å². The lowest BCUT2D eigenvalue weighted by molar-refractivity contribution is 0.102. The molecule has 1 aromatic rings. The Morgan fingerprint density at radius 2 is 1.80 bits per heavy atom. The van der Waals surface area contributed by atoms with Crippen LogP contribution in [-0.2, 0) is 13.6 Å². The van der Waals surface area contributed by atoms with E-state index >= 15 is 0 Å². The molecule has 0 fully saturated rings. The second kappa shape index (κ2) is 4.66.